The minimum Gasteiger partial charge on any atom is -0.497 e. The highest BCUT2D eigenvalue weighted by atomic mass is 16.5. The zero-order valence-electron chi connectivity index (χ0n) is 12.3. The third kappa shape index (κ3) is 3.86. The van der Waals surface area contributed by atoms with Crippen LogP contribution in [0.15, 0.2) is 18.2 Å². The van der Waals surface area contributed by atoms with E-state index in [2.05, 4.69) is 5.32 Å². The first kappa shape index (κ1) is 15.6. The van der Waals surface area contributed by atoms with Crippen molar-refractivity contribution in [3.63, 3.8) is 0 Å². The predicted molar refractivity (Wildman–Crippen MR) is 76.9 cm³/mol. The lowest BCUT2D eigenvalue weighted by Gasteiger charge is -2.20. The van der Waals surface area contributed by atoms with Gasteiger partial charge in [0.2, 0.25) is 0 Å². The van der Waals surface area contributed by atoms with Crippen LogP contribution in [-0.2, 0) is 9.53 Å². The van der Waals surface area contributed by atoms with Crippen molar-refractivity contribution in [1.29, 1.82) is 0 Å². The van der Waals surface area contributed by atoms with Gasteiger partial charge in [0.25, 0.3) is 0 Å². The third-order valence-corrected chi connectivity index (χ3v) is 3.57. The van der Waals surface area contributed by atoms with Gasteiger partial charge < -0.3 is 19.3 Å². The van der Waals surface area contributed by atoms with Crippen LogP contribution < -0.4 is 14.8 Å². The van der Waals surface area contributed by atoms with Gasteiger partial charge in [-0.05, 0) is 25.0 Å². The molecule has 0 saturated carbocycles. The van der Waals surface area contributed by atoms with E-state index >= 15 is 0 Å². The van der Waals surface area contributed by atoms with Gasteiger partial charge in [0, 0.05) is 24.8 Å². The Morgan fingerprint density at radius 3 is 2.86 bits per heavy atom. The van der Waals surface area contributed by atoms with E-state index in [-0.39, 0.29) is 6.10 Å². The second kappa shape index (κ2) is 7.28. The summed E-state index contributed by atoms with van der Waals surface area (Å²) in [5.74, 6) is 0.164. The number of hydrogen-bond acceptors (Lipinski definition) is 5. The maximum atomic E-state index is 11.5. The van der Waals surface area contributed by atoms with Crippen molar-refractivity contribution in [3.05, 3.63) is 23.8 Å². The molecule has 1 aliphatic heterocycles. The van der Waals surface area contributed by atoms with Gasteiger partial charge in [-0.3, -0.25) is 10.1 Å². The van der Waals surface area contributed by atoms with Crippen LogP contribution >= 0.6 is 0 Å². The average Bonchev–Trinajstić information content (AvgIpc) is 3.00. The maximum Gasteiger partial charge on any atom is 0.325 e. The maximum absolute atomic E-state index is 11.5. The molecule has 116 valence electrons. The molecule has 1 aliphatic rings. The summed E-state index contributed by atoms with van der Waals surface area (Å²) in [4.78, 5) is 11.5. The summed E-state index contributed by atoms with van der Waals surface area (Å²) in [6, 6.07) is 4.27. The SMILES string of the molecule is COc1ccc(C(NCC2CCCO2)C(=O)O)c(OC)c1. The van der Waals surface area contributed by atoms with E-state index in [1.54, 1.807) is 25.3 Å². The topological polar surface area (TPSA) is 77.0 Å². The smallest absolute Gasteiger partial charge is 0.325 e. The molecule has 0 aliphatic carbocycles. The van der Waals surface area contributed by atoms with Crippen LogP contribution in [0.25, 0.3) is 0 Å². The Labute approximate surface area is 124 Å². The number of carbonyl (C=O) groups is 1. The zero-order chi connectivity index (χ0) is 15.2. The number of methoxy groups -OCH3 is 2. The fourth-order valence-electron chi connectivity index (χ4n) is 2.44. The van der Waals surface area contributed by atoms with Crippen LogP contribution in [-0.4, -0.2) is 44.6 Å². The first-order valence-corrected chi connectivity index (χ1v) is 6.95. The molecule has 0 aromatic heterocycles. The predicted octanol–water partition coefficient (Wildman–Crippen LogP) is 1.60. The molecule has 0 radical (unpaired) electrons. The molecular formula is C15H21NO5. The van der Waals surface area contributed by atoms with Gasteiger partial charge in [0.05, 0.1) is 20.3 Å². The van der Waals surface area contributed by atoms with Gasteiger partial charge in [-0.2, -0.15) is 0 Å². The Morgan fingerprint density at radius 2 is 2.29 bits per heavy atom. The van der Waals surface area contributed by atoms with E-state index in [9.17, 15) is 9.90 Å². The molecule has 6 nitrogen and oxygen atoms in total. The molecule has 1 aromatic carbocycles. The highest BCUT2D eigenvalue weighted by molar-refractivity contribution is 5.77. The largest absolute Gasteiger partial charge is 0.497 e. The van der Waals surface area contributed by atoms with Gasteiger partial charge in [-0.1, -0.05) is 0 Å². The molecule has 2 unspecified atom stereocenters. The number of hydrogen-bond donors (Lipinski definition) is 2. The molecule has 1 saturated heterocycles. The van der Waals surface area contributed by atoms with E-state index < -0.39 is 12.0 Å². The van der Waals surface area contributed by atoms with Gasteiger partial charge in [-0.15, -0.1) is 0 Å². The molecule has 2 rings (SSSR count). The number of nitrogens with one attached hydrogen (secondary N) is 1. The summed E-state index contributed by atoms with van der Waals surface area (Å²) in [6.07, 6.45) is 2.06. The number of carboxylic acid groups (broad SMARTS) is 1. The summed E-state index contributed by atoms with van der Waals surface area (Å²) in [5.41, 5.74) is 0.573. The first-order chi connectivity index (χ1) is 10.2. The van der Waals surface area contributed by atoms with Crippen LogP contribution in [0.3, 0.4) is 0 Å². The summed E-state index contributed by atoms with van der Waals surface area (Å²) < 4.78 is 15.9. The molecule has 6 heteroatoms. The average molecular weight is 295 g/mol. The lowest BCUT2D eigenvalue weighted by Crippen LogP contribution is -2.34. The van der Waals surface area contributed by atoms with Crippen LogP contribution in [0.1, 0.15) is 24.4 Å². The van der Waals surface area contributed by atoms with Crippen LogP contribution in [0.2, 0.25) is 0 Å². The Balaban J connectivity index is 2.14. The van der Waals surface area contributed by atoms with Gasteiger partial charge in [-0.25, -0.2) is 0 Å². The Hall–Kier alpha value is -1.79. The van der Waals surface area contributed by atoms with Crippen LogP contribution in [0, 0.1) is 0 Å². The fraction of sp³-hybridized carbons (Fsp3) is 0.533. The Kier molecular flexibility index (Phi) is 5.41. The number of ether oxygens (including phenoxy) is 3. The standard InChI is InChI=1S/C15H21NO5/c1-19-10-5-6-12(13(8-10)20-2)14(15(17)18)16-9-11-4-3-7-21-11/h5-6,8,11,14,16H,3-4,7,9H2,1-2H3,(H,17,18). The molecule has 0 spiro atoms. The highest BCUT2D eigenvalue weighted by Gasteiger charge is 2.25. The highest BCUT2D eigenvalue weighted by Crippen LogP contribution is 2.30. The second-order valence-corrected chi connectivity index (χ2v) is 4.92. The van der Waals surface area contributed by atoms with E-state index in [4.69, 9.17) is 14.2 Å². The van der Waals surface area contributed by atoms with Crippen molar-refractivity contribution < 1.29 is 24.1 Å². The Bertz CT molecular complexity index is 485. The molecule has 0 bridgehead atoms. The minimum absolute atomic E-state index is 0.0797. The van der Waals surface area contributed by atoms with Crippen molar-refractivity contribution in [3.8, 4) is 11.5 Å². The molecular weight excluding hydrogens is 274 g/mol. The van der Waals surface area contributed by atoms with Crippen molar-refractivity contribution in [2.75, 3.05) is 27.4 Å². The molecule has 21 heavy (non-hydrogen) atoms. The minimum atomic E-state index is -0.948. The summed E-state index contributed by atoms with van der Waals surface area (Å²) >= 11 is 0. The quantitative estimate of drug-likeness (QED) is 0.795. The van der Waals surface area contributed by atoms with Gasteiger partial charge in [0.15, 0.2) is 0 Å². The number of benzene rings is 1. The first-order valence-electron chi connectivity index (χ1n) is 6.95. The molecule has 2 atom stereocenters. The normalized spacial score (nSPS) is 19.2. The molecule has 1 fully saturated rings. The number of rotatable bonds is 7. The van der Waals surface area contributed by atoms with Crippen molar-refractivity contribution in [2.45, 2.75) is 25.0 Å². The van der Waals surface area contributed by atoms with Crippen LogP contribution in [0.5, 0.6) is 11.5 Å². The second-order valence-electron chi connectivity index (χ2n) is 4.92. The fourth-order valence-corrected chi connectivity index (χ4v) is 2.44. The van der Waals surface area contributed by atoms with Gasteiger partial charge in [0.1, 0.15) is 17.5 Å². The lowest BCUT2D eigenvalue weighted by atomic mass is 10.0. The van der Waals surface area contributed by atoms with E-state index in [0.717, 1.165) is 19.4 Å². The van der Waals surface area contributed by atoms with E-state index in [1.807, 2.05) is 0 Å². The monoisotopic (exact) mass is 295 g/mol. The summed E-state index contributed by atoms with van der Waals surface area (Å²) in [5, 5.41) is 12.5. The van der Waals surface area contributed by atoms with Gasteiger partial charge >= 0.3 is 5.97 Å². The Morgan fingerprint density at radius 1 is 1.48 bits per heavy atom. The summed E-state index contributed by atoms with van der Waals surface area (Å²) in [7, 11) is 3.07. The van der Waals surface area contributed by atoms with Crippen molar-refractivity contribution >= 4 is 5.97 Å². The number of carboxylic acids is 1. The van der Waals surface area contributed by atoms with E-state index in [0.29, 0.717) is 23.6 Å². The lowest BCUT2D eigenvalue weighted by molar-refractivity contribution is -0.139. The summed E-state index contributed by atoms with van der Waals surface area (Å²) in [6.45, 7) is 1.25. The molecule has 1 heterocycles. The zero-order valence-corrected chi connectivity index (χ0v) is 12.3. The van der Waals surface area contributed by atoms with Crippen LogP contribution in [0.4, 0.5) is 0 Å². The third-order valence-electron chi connectivity index (χ3n) is 3.57. The van der Waals surface area contributed by atoms with E-state index in [1.165, 1.54) is 7.11 Å². The van der Waals surface area contributed by atoms with Crippen molar-refractivity contribution in [1.82, 2.24) is 5.32 Å². The molecule has 2 N–H and O–H groups in total. The van der Waals surface area contributed by atoms with Crippen molar-refractivity contribution in [2.24, 2.45) is 0 Å². The number of aliphatic carboxylic acids is 1. The molecule has 0 amide bonds. The molecule has 1 aromatic rings.